The van der Waals surface area contributed by atoms with Crippen molar-refractivity contribution in [2.24, 2.45) is 17.6 Å². The molecule has 0 aliphatic carbocycles. The quantitative estimate of drug-likeness (QED) is 0.145. The normalized spacial score (nSPS) is 21.6. The van der Waals surface area contributed by atoms with Gasteiger partial charge in [0.25, 0.3) is 11.6 Å². The smallest absolute Gasteiger partial charge is 0.355 e. The van der Waals surface area contributed by atoms with Gasteiger partial charge in [0.05, 0.1) is 27.9 Å². The van der Waals surface area contributed by atoms with Crippen molar-refractivity contribution in [3.63, 3.8) is 0 Å². The topological polar surface area (TPSA) is 161 Å². The van der Waals surface area contributed by atoms with Crippen molar-refractivity contribution in [3.05, 3.63) is 69.2 Å². The number of esters is 1. The summed E-state index contributed by atoms with van der Waals surface area (Å²) in [7, 11) is 0. The van der Waals surface area contributed by atoms with Gasteiger partial charge in [-0.25, -0.2) is 9.36 Å². The lowest BCUT2D eigenvalue weighted by atomic mass is 9.77. The number of carbonyl (C=O) groups excluding carboxylic acids is 3. The van der Waals surface area contributed by atoms with Gasteiger partial charge < -0.3 is 20.5 Å². The van der Waals surface area contributed by atoms with Crippen molar-refractivity contribution < 1.29 is 33.7 Å². The summed E-state index contributed by atoms with van der Waals surface area (Å²) >= 11 is 1.39. The Balaban J connectivity index is 1.47. The molecular formula is C24H24N5O7S+. The Morgan fingerprint density at radius 2 is 2.03 bits per heavy atom. The van der Waals surface area contributed by atoms with E-state index in [9.17, 15) is 29.6 Å². The maximum Gasteiger partial charge on any atom is 0.355 e. The Hall–Kier alpha value is -4.10. The zero-order chi connectivity index (χ0) is 26.6. The molecular weight excluding hydrogens is 502 g/mol. The summed E-state index contributed by atoms with van der Waals surface area (Å²) in [5, 5.41) is 21.1. The molecule has 2 amide bonds. The van der Waals surface area contributed by atoms with Crippen molar-refractivity contribution in [2.75, 3.05) is 0 Å². The number of thiazole rings is 1. The zero-order valence-corrected chi connectivity index (χ0v) is 20.8. The average Bonchev–Trinajstić information content (AvgIpc) is 3.45. The van der Waals surface area contributed by atoms with Crippen LogP contribution in [0, 0.1) is 22.0 Å². The van der Waals surface area contributed by atoms with E-state index in [1.165, 1.54) is 40.5 Å². The van der Waals surface area contributed by atoms with E-state index in [4.69, 9.17) is 10.5 Å². The predicted molar refractivity (Wildman–Crippen MR) is 129 cm³/mol. The molecule has 3 aromatic rings. The summed E-state index contributed by atoms with van der Waals surface area (Å²) in [4.78, 5) is 50.9. The highest BCUT2D eigenvalue weighted by Gasteiger charge is 2.60. The molecule has 1 aromatic carbocycles. The number of aliphatic hydroxyl groups excluding tert-OH is 1. The zero-order valence-electron chi connectivity index (χ0n) is 19.9. The van der Waals surface area contributed by atoms with Gasteiger partial charge in [0, 0.05) is 23.6 Å². The van der Waals surface area contributed by atoms with E-state index in [2.05, 4.69) is 0 Å². The number of β-lactam (4-membered cyclic amide) rings is 1. The van der Waals surface area contributed by atoms with Gasteiger partial charge in [-0.1, -0.05) is 18.3 Å². The largest absolute Gasteiger partial charge is 0.456 e. The highest BCUT2D eigenvalue weighted by molar-refractivity contribution is 7.18. The number of non-ortho nitro benzene ring substituents is 1. The van der Waals surface area contributed by atoms with Gasteiger partial charge in [0.15, 0.2) is 6.54 Å². The molecule has 12 nitrogen and oxygen atoms in total. The number of nitrogens with two attached hydrogens (primary N) is 1. The predicted octanol–water partition coefficient (Wildman–Crippen LogP) is 0.994. The molecule has 2 aliphatic heterocycles. The first kappa shape index (κ1) is 24.6. The number of primary amides is 1. The monoisotopic (exact) mass is 526 g/mol. The molecule has 13 heteroatoms. The summed E-state index contributed by atoms with van der Waals surface area (Å²) in [6, 6.07) is 5.27. The Morgan fingerprint density at radius 1 is 1.32 bits per heavy atom. The van der Waals surface area contributed by atoms with E-state index in [0.29, 0.717) is 11.1 Å². The van der Waals surface area contributed by atoms with E-state index < -0.39 is 28.8 Å². The molecule has 192 valence electrons. The number of rotatable bonds is 8. The number of aliphatic hydroxyl groups is 1. The van der Waals surface area contributed by atoms with Gasteiger partial charge in [-0.05, 0) is 24.6 Å². The number of imidazole rings is 1. The second kappa shape index (κ2) is 9.09. The van der Waals surface area contributed by atoms with Gasteiger partial charge in [0.2, 0.25) is 17.1 Å². The molecule has 5 rings (SSSR count). The van der Waals surface area contributed by atoms with Crippen LogP contribution in [0.3, 0.4) is 0 Å². The Bertz CT molecular complexity index is 1440. The number of nitro groups is 1. The van der Waals surface area contributed by atoms with E-state index in [1.54, 1.807) is 24.0 Å². The number of amides is 2. The number of benzene rings is 1. The number of ether oxygens (including phenoxy) is 1. The highest BCUT2D eigenvalue weighted by Crippen LogP contribution is 2.51. The number of aromatic nitrogens is 2. The van der Waals surface area contributed by atoms with Crippen LogP contribution in [0.2, 0.25) is 0 Å². The molecule has 4 atom stereocenters. The number of hydrogen-bond donors (Lipinski definition) is 2. The fourth-order valence-electron chi connectivity index (χ4n) is 5.11. The minimum atomic E-state index is -0.875. The minimum absolute atomic E-state index is 0.0312. The van der Waals surface area contributed by atoms with E-state index >= 15 is 0 Å². The number of carbonyl (C=O) groups is 3. The van der Waals surface area contributed by atoms with Gasteiger partial charge >= 0.3 is 5.97 Å². The molecule has 1 saturated heterocycles. The first-order valence-corrected chi connectivity index (χ1v) is 12.3. The molecule has 37 heavy (non-hydrogen) atoms. The van der Waals surface area contributed by atoms with E-state index in [0.717, 1.165) is 9.71 Å². The Labute approximate surface area is 214 Å². The number of fused-ring (bicyclic) bond motifs is 2. The number of hydrogen-bond acceptors (Lipinski definition) is 8. The summed E-state index contributed by atoms with van der Waals surface area (Å²) in [6.45, 7) is 3.37. The van der Waals surface area contributed by atoms with Gasteiger partial charge in [-0.2, -0.15) is 4.40 Å². The van der Waals surface area contributed by atoms with Crippen molar-refractivity contribution in [3.8, 4) is 0 Å². The van der Waals surface area contributed by atoms with Crippen LogP contribution in [-0.2, 0) is 32.3 Å². The number of nitro benzene ring substituents is 1. The first-order chi connectivity index (χ1) is 17.6. The van der Waals surface area contributed by atoms with Crippen LogP contribution >= 0.6 is 11.3 Å². The molecule has 2 aliphatic rings. The van der Waals surface area contributed by atoms with Crippen molar-refractivity contribution in [1.29, 1.82) is 0 Å². The molecule has 3 N–H and O–H groups in total. The molecule has 0 spiro atoms. The van der Waals surface area contributed by atoms with Crippen LogP contribution in [0.5, 0.6) is 0 Å². The second-order valence-electron chi connectivity index (χ2n) is 9.24. The van der Waals surface area contributed by atoms with Crippen molar-refractivity contribution in [1.82, 2.24) is 9.30 Å². The summed E-state index contributed by atoms with van der Waals surface area (Å²) in [6.07, 6.45) is 4.43. The fraction of sp³-hybridized carbons (Fsp3) is 0.333. The van der Waals surface area contributed by atoms with E-state index in [1.807, 2.05) is 17.5 Å². The third-order valence-electron chi connectivity index (χ3n) is 6.76. The minimum Gasteiger partial charge on any atom is -0.456 e. The lowest BCUT2D eigenvalue weighted by molar-refractivity contribution is -0.682. The van der Waals surface area contributed by atoms with Crippen LogP contribution in [0.25, 0.3) is 10.4 Å². The van der Waals surface area contributed by atoms with Crippen LogP contribution < -0.4 is 10.3 Å². The van der Waals surface area contributed by atoms with E-state index in [-0.39, 0.29) is 42.4 Å². The highest BCUT2D eigenvalue weighted by atomic mass is 32.1. The van der Waals surface area contributed by atoms with Crippen LogP contribution in [0.15, 0.2) is 48.7 Å². The molecule has 0 unspecified atom stereocenters. The van der Waals surface area contributed by atoms with Gasteiger partial charge in [-0.3, -0.25) is 19.7 Å². The molecule has 4 heterocycles. The lowest BCUT2D eigenvalue weighted by Crippen LogP contribution is -2.63. The maximum absolute atomic E-state index is 13.4. The van der Waals surface area contributed by atoms with Crippen molar-refractivity contribution >= 4 is 45.2 Å². The second-order valence-corrected chi connectivity index (χ2v) is 10.3. The molecule has 0 radical (unpaired) electrons. The summed E-state index contributed by atoms with van der Waals surface area (Å²) < 4.78 is 9.02. The maximum atomic E-state index is 13.4. The molecule has 0 saturated carbocycles. The molecule has 2 aromatic heterocycles. The lowest BCUT2D eigenvalue weighted by Gasteiger charge is -2.46. The fourth-order valence-corrected chi connectivity index (χ4v) is 6.28. The number of nitrogens with zero attached hydrogens (tertiary/aromatic N) is 4. The van der Waals surface area contributed by atoms with Crippen molar-refractivity contribution in [2.45, 2.75) is 39.1 Å². The van der Waals surface area contributed by atoms with Gasteiger partial charge in [-0.15, -0.1) is 0 Å². The van der Waals surface area contributed by atoms with Crippen LogP contribution in [0.1, 0.15) is 24.3 Å². The third-order valence-corrected chi connectivity index (χ3v) is 7.83. The molecule has 1 fully saturated rings. The third kappa shape index (κ3) is 4.15. The van der Waals surface area contributed by atoms with Crippen LogP contribution in [-0.4, -0.2) is 49.3 Å². The average molecular weight is 527 g/mol. The Kier molecular flexibility index (Phi) is 6.04. The summed E-state index contributed by atoms with van der Waals surface area (Å²) in [5.41, 5.74) is 6.55. The van der Waals surface area contributed by atoms with Crippen LogP contribution in [0.4, 0.5) is 5.69 Å². The SMILES string of the molecule is C[C@@H](O)[C@H]1C(=O)N2C(C(=O)OCc3ccc([N+](=O)[O-])cc3)=C(c3cn4c[n+](CC(N)=O)cc4s3)[C@H](C)[C@H]12. The first-order valence-electron chi connectivity index (χ1n) is 11.5. The Morgan fingerprint density at radius 3 is 2.62 bits per heavy atom. The van der Waals surface area contributed by atoms with Gasteiger partial charge in [0.1, 0.15) is 24.7 Å². The summed E-state index contributed by atoms with van der Waals surface area (Å²) in [5.74, 6) is -2.39. The standard InChI is InChI=1S/C24H23N5O7S/c1-12-19(16-7-27-11-26(8-17(25)31)9-18(27)37-16)22(28-21(12)20(13(2)30)23(28)32)24(33)36-10-14-3-5-15(6-4-14)29(34)35/h3-7,9,11-13,20-21,30H,8,10H2,1-2H3,(H-,25,31)/p+1/t12-,13+,20+,21+/m0/s1. The molecule has 0 bridgehead atoms.